The molecule has 2 N–H and O–H groups in total. The van der Waals surface area contributed by atoms with Crippen molar-refractivity contribution in [3.05, 3.63) is 35.9 Å². The highest BCUT2D eigenvalue weighted by Gasteiger charge is 2.65. The molecule has 2 unspecified atom stereocenters. The minimum atomic E-state index is -0.984. The Morgan fingerprint density at radius 1 is 1.48 bits per heavy atom. The zero-order chi connectivity index (χ0) is 16.4. The summed E-state index contributed by atoms with van der Waals surface area (Å²) in [6, 6.07) is 8.86. The van der Waals surface area contributed by atoms with E-state index in [1.807, 2.05) is 30.3 Å². The van der Waals surface area contributed by atoms with Crippen molar-refractivity contribution in [2.45, 2.75) is 50.6 Å². The molecule has 2 aliphatic rings. The van der Waals surface area contributed by atoms with Crippen LogP contribution in [-0.4, -0.2) is 46.2 Å². The molecular formula is C17H22N2O4. The van der Waals surface area contributed by atoms with E-state index < -0.39 is 23.8 Å². The average molecular weight is 318 g/mol. The van der Waals surface area contributed by atoms with Gasteiger partial charge in [-0.1, -0.05) is 37.3 Å². The number of amides is 1. The van der Waals surface area contributed by atoms with Gasteiger partial charge in [0.25, 0.3) is 0 Å². The van der Waals surface area contributed by atoms with Crippen molar-refractivity contribution in [1.29, 1.82) is 0 Å². The number of carboxylic acids is 1. The van der Waals surface area contributed by atoms with Crippen molar-refractivity contribution in [1.82, 2.24) is 10.2 Å². The number of hydrogen-bond acceptors (Lipinski definition) is 4. The predicted molar refractivity (Wildman–Crippen MR) is 83.5 cm³/mol. The van der Waals surface area contributed by atoms with Gasteiger partial charge in [0.1, 0.15) is 11.6 Å². The summed E-state index contributed by atoms with van der Waals surface area (Å²) in [5.41, 5.74) is 0.265. The van der Waals surface area contributed by atoms with Crippen LogP contribution < -0.4 is 5.32 Å². The highest BCUT2D eigenvalue weighted by Crippen LogP contribution is 2.41. The maximum atomic E-state index is 12.6. The van der Waals surface area contributed by atoms with Crippen LogP contribution in [0.2, 0.25) is 0 Å². The molecule has 0 bridgehead atoms. The highest BCUT2D eigenvalue weighted by atomic mass is 16.5. The first-order chi connectivity index (χ1) is 11.1. The molecule has 2 aliphatic heterocycles. The molecule has 0 radical (unpaired) electrons. The molecule has 6 nitrogen and oxygen atoms in total. The Bertz CT molecular complexity index is 584. The van der Waals surface area contributed by atoms with E-state index >= 15 is 0 Å². The van der Waals surface area contributed by atoms with Gasteiger partial charge in [0.2, 0.25) is 5.91 Å². The lowest BCUT2D eigenvalue weighted by Gasteiger charge is -2.55. The molecule has 1 aromatic rings. The number of aliphatic carboxylic acids is 1. The van der Waals surface area contributed by atoms with Gasteiger partial charge in [0, 0.05) is 0 Å². The van der Waals surface area contributed by atoms with E-state index in [-0.39, 0.29) is 5.91 Å². The van der Waals surface area contributed by atoms with Gasteiger partial charge >= 0.3 is 5.97 Å². The Labute approximate surface area is 135 Å². The van der Waals surface area contributed by atoms with E-state index in [1.165, 1.54) is 4.90 Å². The molecular weight excluding hydrogens is 296 g/mol. The second-order valence-electron chi connectivity index (χ2n) is 6.13. The Morgan fingerprint density at radius 3 is 2.78 bits per heavy atom. The summed E-state index contributed by atoms with van der Waals surface area (Å²) in [4.78, 5) is 25.5. The van der Waals surface area contributed by atoms with Crippen molar-refractivity contribution in [2.75, 3.05) is 6.54 Å². The number of nitrogens with zero attached hydrogens (tertiary/aromatic N) is 1. The molecule has 1 amide bonds. The van der Waals surface area contributed by atoms with Gasteiger partial charge in [-0.2, -0.15) is 0 Å². The third-order valence-corrected chi connectivity index (χ3v) is 4.74. The van der Waals surface area contributed by atoms with Gasteiger partial charge in [-0.3, -0.25) is 15.0 Å². The van der Waals surface area contributed by atoms with Crippen LogP contribution in [0, 0.1) is 0 Å². The topological polar surface area (TPSA) is 78.9 Å². The summed E-state index contributed by atoms with van der Waals surface area (Å²) in [5.74, 6) is -1.13. The Kier molecular flexibility index (Phi) is 4.37. The van der Waals surface area contributed by atoms with Crippen LogP contribution in [0.4, 0.5) is 0 Å². The van der Waals surface area contributed by atoms with E-state index in [2.05, 4.69) is 5.32 Å². The van der Waals surface area contributed by atoms with Gasteiger partial charge in [-0.25, -0.2) is 4.79 Å². The van der Waals surface area contributed by atoms with Gasteiger partial charge in [0.15, 0.2) is 6.23 Å². The number of carbonyl (C=O) groups is 2. The minimum absolute atomic E-state index is 0.151. The third kappa shape index (κ3) is 2.62. The number of carboxylic acid groups (broad SMARTS) is 1. The molecule has 2 fully saturated rings. The first-order valence-electron chi connectivity index (χ1n) is 8.06. The molecule has 3 atom stereocenters. The van der Waals surface area contributed by atoms with Gasteiger partial charge in [0.05, 0.1) is 6.61 Å². The van der Waals surface area contributed by atoms with Crippen LogP contribution in [-0.2, 0) is 20.9 Å². The van der Waals surface area contributed by atoms with Crippen LogP contribution in [0.25, 0.3) is 0 Å². The van der Waals surface area contributed by atoms with E-state index in [4.69, 9.17) is 4.74 Å². The van der Waals surface area contributed by atoms with Crippen LogP contribution in [0.3, 0.4) is 0 Å². The largest absolute Gasteiger partial charge is 0.480 e. The quantitative estimate of drug-likeness (QED) is 0.774. The number of rotatable bonds is 6. The molecule has 0 aromatic heterocycles. The SMILES string of the molecule is CCC(C(=O)O)N1C(=O)C2(CCCN2)[C@H]1OCc1ccccc1. The molecule has 3 rings (SSSR count). The smallest absolute Gasteiger partial charge is 0.326 e. The number of nitrogens with one attached hydrogen (secondary N) is 1. The molecule has 0 saturated carbocycles. The standard InChI is InChI=1S/C17H22N2O4/c1-2-13(14(20)21)19-15(22)17(9-6-10-18-17)16(19)23-11-12-7-4-3-5-8-12/h3-5,7-8,13,16,18H,2,6,9-11H2,1H3,(H,20,21)/t13?,16-,17?/m1/s1. The zero-order valence-electron chi connectivity index (χ0n) is 13.2. The van der Waals surface area contributed by atoms with E-state index in [0.29, 0.717) is 19.4 Å². The molecule has 2 heterocycles. The molecule has 2 saturated heterocycles. The van der Waals surface area contributed by atoms with Crippen molar-refractivity contribution in [2.24, 2.45) is 0 Å². The maximum absolute atomic E-state index is 12.6. The monoisotopic (exact) mass is 318 g/mol. The number of benzene rings is 1. The van der Waals surface area contributed by atoms with E-state index in [9.17, 15) is 14.7 Å². The van der Waals surface area contributed by atoms with Gasteiger partial charge < -0.3 is 9.84 Å². The lowest BCUT2D eigenvalue weighted by atomic mass is 9.82. The fourth-order valence-electron chi connectivity index (χ4n) is 3.54. The summed E-state index contributed by atoms with van der Waals surface area (Å²) in [5, 5.41) is 12.6. The summed E-state index contributed by atoms with van der Waals surface area (Å²) < 4.78 is 6.00. The Balaban J connectivity index is 1.79. The number of β-lactam (4-membered cyclic amide) rings is 1. The van der Waals surface area contributed by atoms with Crippen molar-refractivity contribution in [3.8, 4) is 0 Å². The summed E-state index contributed by atoms with van der Waals surface area (Å²) in [6.07, 6.45) is 1.42. The first-order valence-corrected chi connectivity index (χ1v) is 8.06. The maximum Gasteiger partial charge on any atom is 0.326 e. The summed E-state index contributed by atoms with van der Waals surface area (Å²) in [7, 11) is 0. The van der Waals surface area contributed by atoms with Crippen LogP contribution in [0.15, 0.2) is 30.3 Å². The van der Waals surface area contributed by atoms with Crippen molar-refractivity contribution in [3.63, 3.8) is 0 Å². The van der Waals surface area contributed by atoms with Crippen LogP contribution >= 0.6 is 0 Å². The van der Waals surface area contributed by atoms with E-state index in [1.54, 1.807) is 6.92 Å². The average Bonchev–Trinajstić information content (AvgIpc) is 3.07. The van der Waals surface area contributed by atoms with E-state index in [0.717, 1.165) is 18.5 Å². The summed E-state index contributed by atoms with van der Waals surface area (Å²) >= 11 is 0. The van der Waals surface area contributed by atoms with Crippen LogP contribution in [0.5, 0.6) is 0 Å². The van der Waals surface area contributed by atoms with Gasteiger partial charge in [-0.05, 0) is 31.4 Å². The molecule has 124 valence electrons. The number of carbonyl (C=O) groups excluding carboxylic acids is 1. The molecule has 0 aliphatic carbocycles. The van der Waals surface area contributed by atoms with Gasteiger partial charge in [-0.15, -0.1) is 0 Å². The molecule has 6 heteroatoms. The van der Waals surface area contributed by atoms with Crippen molar-refractivity contribution < 1.29 is 19.4 Å². The predicted octanol–water partition coefficient (Wildman–Crippen LogP) is 1.36. The number of ether oxygens (including phenoxy) is 1. The second-order valence-corrected chi connectivity index (χ2v) is 6.13. The number of hydrogen-bond donors (Lipinski definition) is 2. The lowest BCUT2D eigenvalue weighted by molar-refractivity contribution is -0.217. The fraction of sp³-hybridized carbons (Fsp3) is 0.529. The first kappa shape index (κ1) is 16.0. The number of likely N-dealkylation sites (tertiary alicyclic amines) is 1. The Hall–Kier alpha value is -1.92. The van der Waals surface area contributed by atoms with Crippen molar-refractivity contribution >= 4 is 11.9 Å². The zero-order valence-corrected chi connectivity index (χ0v) is 13.2. The lowest BCUT2D eigenvalue weighted by Crippen LogP contribution is -2.80. The highest BCUT2D eigenvalue weighted by molar-refractivity contribution is 5.97. The fourth-order valence-corrected chi connectivity index (χ4v) is 3.54. The summed E-state index contributed by atoms with van der Waals surface area (Å²) in [6.45, 7) is 2.89. The molecule has 23 heavy (non-hydrogen) atoms. The Morgan fingerprint density at radius 2 is 2.22 bits per heavy atom. The third-order valence-electron chi connectivity index (χ3n) is 4.74. The van der Waals surface area contributed by atoms with Crippen LogP contribution in [0.1, 0.15) is 31.7 Å². The molecule has 1 aromatic carbocycles. The second kappa shape index (κ2) is 6.29. The normalized spacial score (nSPS) is 28.0. The minimum Gasteiger partial charge on any atom is -0.480 e. The molecule has 1 spiro atoms.